The fourth-order valence-electron chi connectivity index (χ4n) is 2.10. The lowest BCUT2D eigenvalue weighted by Gasteiger charge is -2.12. The monoisotopic (exact) mass is 351 g/mol. The number of methoxy groups -OCH3 is 2. The van der Waals surface area contributed by atoms with Crippen LogP contribution in [-0.2, 0) is 9.59 Å². The van der Waals surface area contributed by atoms with Gasteiger partial charge in [-0.15, -0.1) is 0 Å². The number of benzene rings is 1. The van der Waals surface area contributed by atoms with Crippen molar-refractivity contribution in [1.82, 2.24) is 5.32 Å². The number of anilines is 1. The molecular weight excluding hydrogens is 330 g/mol. The highest BCUT2D eigenvalue weighted by Gasteiger charge is 2.32. The molecule has 2 rings (SSSR count). The SMILES string of the molecule is CCCN=C1NC(=O)C(CC(=O)Nc2ccc(OC)cc2OC)S1. The molecule has 1 saturated heterocycles. The lowest BCUT2D eigenvalue weighted by atomic mass is 10.2. The third-order valence-corrected chi connectivity index (χ3v) is 4.43. The fourth-order valence-corrected chi connectivity index (χ4v) is 3.10. The molecule has 0 aliphatic carbocycles. The van der Waals surface area contributed by atoms with E-state index >= 15 is 0 Å². The fraction of sp³-hybridized carbons (Fsp3) is 0.438. The van der Waals surface area contributed by atoms with Crippen LogP contribution in [0.15, 0.2) is 23.2 Å². The van der Waals surface area contributed by atoms with Gasteiger partial charge in [0.25, 0.3) is 0 Å². The Labute approximate surface area is 145 Å². The van der Waals surface area contributed by atoms with Gasteiger partial charge in [-0.3, -0.25) is 14.6 Å². The van der Waals surface area contributed by atoms with Gasteiger partial charge in [0.05, 0.1) is 19.9 Å². The molecule has 1 aromatic rings. The van der Waals surface area contributed by atoms with E-state index in [1.807, 2.05) is 6.92 Å². The van der Waals surface area contributed by atoms with Gasteiger partial charge in [0.1, 0.15) is 16.7 Å². The summed E-state index contributed by atoms with van der Waals surface area (Å²) >= 11 is 1.29. The van der Waals surface area contributed by atoms with Crippen LogP contribution < -0.4 is 20.1 Å². The molecule has 1 aliphatic rings. The van der Waals surface area contributed by atoms with Gasteiger partial charge in [-0.1, -0.05) is 18.7 Å². The Balaban J connectivity index is 1.97. The summed E-state index contributed by atoms with van der Waals surface area (Å²) < 4.78 is 10.4. The summed E-state index contributed by atoms with van der Waals surface area (Å²) in [5, 5.41) is 5.58. The summed E-state index contributed by atoms with van der Waals surface area (Å²) in [6, 6.07) is 5.11. The number of thioether (sulfide) groups is 1. The number of nitrogens with one attached hydrogen (secondary N) is 2. The van der Waals surface area contributed by atoms with Crippen molar-refractivity contribution >= 4 is 34.4 Å². The van der Waals surface area contributed by atoms with E-state index in [2.05, 4.69) is 15.6 Å². The molecule has 0 spiro atoms. The second-order valence-corrected chi connectivity index (χ2v) is 6.29. The van der Waals surface area contributed by atoms with Gasteiger partial charge in [-0.05, 0) is 18.6 Å². The van der Waals surface area contributed by atoms with E-state index in [1.165, 1.54) is 18.9 Å². The molecule has 1 aliphatic heterocycles. The minimum Gasteiger partial charge on any atom is -0.497 e. The quantitative estimate of drug-likeness (QED) is 0.785. The minimum atomic E-state index is -0.468. The number of ether oxygens (including phenoxy) is 2. The highest BCUT2D eigenvalue weighted by Crippen LogP contribution is 2.30. The highest BCUT2D eigenvalue weighted by molar-refractivity contribution is 8.15. The van der Waals surface area contributed by atoms with Crippen LogP contribution in [0, 0.1) is 0 Å². The van der Waals surface area contributed by atoms with Gasteiger partial charge in [0.2, 0.25) is 11.8 Å². The average molecular weight is 351 g/mol. The molecule has 1 aromatic carbocycles. The van der Waals surface area contributed by atoms with Crippen LogP contribution >= 0.6 is 11.8 Å². The molecular formula is C16H21N3O4S. The van der Waals surface area contributed by atoms with Crippen LogP contribution in [0.3, 0.4) is 0 Å². The van der Waals surface area contributed by atoms with Crippen molar-refractivity contribution in [2.75, 3.05) is 26.1 Å². The number of nitrogens with zero attached hydrogens (tertiary/aromatic N) is 1. The summed E-state index contributed by atoms with van der Waals surface area (Å²) in [6.45, 7) is 2.67. The lowest BCUT2D eigenvalue weighted by molar-refractivity contribution is -0.122. The van der Waals surface area contributed by atoms with Crippen LogP contribution in [-0.4, -0.2) is 43.0 Å². The first-order valence-electron chi connectivity index (χ1n) is 7.61. The zero-order valence-electron chi connectivity index (χ0n) is 13.9. The van der Waals surface area contributed by atoms with Crippen LogP contribution in [0.1, 0.15) is 19.8 Å². The zero-order chi connectivity index (χ0) is 17.5. The average Bonchev–Trinajstić information content (AvgIpc) is 2.92. The summed E-state index contributed by atoms with van der Waals surface area (Å²) in [7, 11) is 3.07. The Morgan fingerprint density at radius 2 is 2.17 bits per heavy atom. The van der Waals surface area contributed by atoms with E-state index in [-0.39, 0.29) is 18.2 Å². The molecule has 1 heterocycles. The van der Waals surface area contributed by atoms with Crippen LogP contribution in [0.5, 0.6) is 11.5 Å². The Morgan fingerprint density at radius 1 is 1.38 bits per heavy atom. The van der Waals surface area contributed by atoms with Crippen molar-refractivity contribution in [3.8, 4) is 11.5 Å². The van der Waals surface area contributed by atoms with Gasteiger partial charge in [0, 0.05) is 19.0 Å². The maximum atomic E-state index is 12.2. The van der Waals surface area contributed by atoms with Gasteiger partial charge in [-0.25, -0.2) is 0 Å². The number of carbonyl (C=O) groups is 2. The molecule has 8 heteroatoms. The van der Waals surface area contributed by atoms with Crippen LogP contribution in [0.4, 0.5) is 5.69 Å². The zero-order valence-corrected chi connectivity index (χ0v) is 14.7. The molecule has 0 radical (unpaired) electrons. The van der Waals surface area contributed by atoms with E-state index in [0.29, 0.717) is 28.9 Å². The van der Waals surface area contributed by atoms with E-state index in [1.54, 1.807) is 25.3 Å². The van der Waals surface area contributed by atoms with Crippen LogP contribution in [0.2, 0.25) is 0 Å². The number of rotatable bonds is 7. The van der Waals surface area contributed by atoms with E-state index in [4.69, 9.17) is 9.47 Å². The number of aliphatic imine (C=N–C) groups is 1. The first-order chi connectivity index (χ1) is 11.6. The molecule has 1 atom stereocenters. The van der Waals surface area contributed by atoms with E-state index in [0.717, 1.165) is 6.42 Å². The number of amides is 2. The lowest BCUT2D eigenvalue weighted by Crippen LogP contribution is -2.28. The predicted molar refractivity (Wildman–Crippen MR) is 94.9 cm³/mol. The maximum Gasteiger partial charge on any atom is 0.240 e. The third kappa shape index (κ3) is 4.64. The molecule has 0 bridgehead atoms. The Kier molecular flexibility index (Phi) is 6.48. The van der Waals surface area contributed by atoms with Gasteiger partial charge in [0.15, 0.2) is 5.17 Å². The Morgan fingerprint density at radius 3 is 2.83 bits per heavy atom. The van der Waals surface area contributed by atoms with Crippen molar-refractivity contribution in [3.63, 3.8) is 0 Å². The molecule has 0 aromatic heterocycles. The van der Waals surface area contributed by atoms with E-state index in [9.17, 15) is 9.59 Å². The third-order valence-electron chi connectivity index (χ3n) is 3.31. The van der Waals surface area contributed by atoms with Crippen molar-refractivity contribution < 1.29 is 19.1 Å². The van der Waals surface area contributed by atoms with Crippen molar-refractivity contribution in [2.45, 2.75) is 25.0 Å². The van der Waals surface area contributed by atoms with Gasteiger partial charge < -0.3 is 20.1 Å². The summed E-state index contributed by atoms with van der Waals surface area (Å²) in [4.78, 5) is 28.4. The summed E-state index contributed by atoms with van der Waals surface area (Å²) in [6.07, 6.45) is 0.971. The molecule has 0 saturated carbocycles. The predicted octanol–water partition coefficient (Wildman–Crippen LogP) is 2.03. The number of hydrogen-bond donors (Lipinski definition) is 2. The number of hydrogen-bond acceptors (Lipinski definition) is 6. The normalized spacial score (nSPS) is 18.4. The molecule has 130 valence electrons. The summed E-state index contributed by atoms with van der Waals surface area (Å²) in [5.41, 5.74) is 0.534. The smallest absolute Gasteiger partial charge is 0.240 e. The standard InChI is InChI=1S/C16H21N3O4S/c1-4-7-17-16-19-15(21)13(24-16)9-14(20)18-11-6-5-10(22-2)8-12(11)23-3/h5-6,8,13H,4,7,9H2,1-3H3,(H,18,20)(H,17,19,21). The largest absolute Gasteiger partial charge is 0.497 e. The molecule has 2 N–H and O–H groups in total. The first kappa shape index (κ1) is 18.1. The molecule has 7 nitrogen and oxygen atoms in total. The topological polar surface area (TPSA) is 89.0 Å². The maximum absolute atomic E-state index is 12.2. The van der Waals surface area contributed by atoms with E-state index < -0.39 is 5.25 Å². The molecule has 2 amide bonds. The van der Waals surface area contributed by atoms with Crippen molar-refractivity contribution in [1.29, 1.82) is 0 Å². The Bertz CT molecular complexity index is 648. The number of carbonyl (C=O) groups excluding carboxylic acids is 2. The summed E-state index contributed by atoms with van der Waals surface area (Å²) in [5.74, 6) is 0.679. The molecule has 1 unspecified atom stereocenters. The van der Waals surface area contributed by atoms with Crippen molar-refractivity contribution in [3.05, 3.63) is 18.2 Å². The second kappa shape index (κ2) is 8.58. The molecule has 1 fully saturated rings. The first-order valence-corrected chi connectivity index (χ1v) is 8.49. The minimum absolute atomic E-state index is 0.0663. The van der Waals surface area contributed by atoms with Crippen molar-refractivity contribution in [2.24, 2.45) is 4.99 Å². The van der Waals surface area contributed by atoms with Crippen LogP contribution in [0.25, 0.3) is 0 Å². The van der Waals surface area contributed by atoms with Gasteiger partial charge >= 0.3 is 0 Å². The highest BCUT2D eigenvalue weighted by atomic mass is 32.2. The number of amidine groups is 1. The Hall–Kier alpha value is -2.22. The molecule has 24 heavy (non-hydrogen) atoms. The second-order valence-electron chi connectivity index (χ2n) is 5.10. The van der Waals surface area contributed by atoms with Gasteiger partial charge in [-0.2, -0.15) is 0 Å².